The molecule has 4 aromatic carbocycles. The molecule has 12 amide bonds. The summed E-state index contributed by atoms with van der Waals surface area (Å²) in [6.07, 6.45) is 4.08. The number of carbonyl (C=O) groups excluding carboxylic acids is 12. The van der Waals surface area contributed by atoms with Gasteiger partial charge < -0.3 is 79.3 Å². The van der Waals surface area contributed by atoms with Crippen LogP contribution in [0.2, 0.25) is 5.02 Å². The van der Waals surface area contributed by atoms with Gasteiger partial charge in [0, 0.05) is 69.7 Å². The Morgan fingerprint density at radius 1 is 0.581 bits per heavy atom. The molecule has 0 bridgehead atoms. The molecule has 1 aliphatic rings. The van der Waals surface area contributed by atoms with E-state index in [0.29, 0.717) is 53.4 Å². The predicted molar refractivity (Wildman–Crippen MR) is 396 cm³/mol. The van der Waals surface area contributed by atoms with Gasteiger partial charge in [-0.25, -0.2) is 0 Å². The van der Waals surface area contributed by atoms with E-state index >= 15 is 0 Å². The molecule has 1 saturated heterocycles. The van der Waals surface area contributed by atoms with Crippen LogP contribution in [-0.2, 0) is 89.6 Å². The summed E-state index contributed by atoms with van der Waals surface area (Å²) < 4.78 is 0. The quantitative estimate of drug-likeness (QED) is 0.0250. The minimum atomic E-state index is -1.85. The molecule has 1 aliphatic heterocycles. The summed E-state index contributed by atoms with van der Waals surface area (Å²) in [5.41, 5.74) is 14.3. The summed E-state index contributed by atoms with van der Waals surface area (Å²) in [6.45, 7) is 14.1. The SMILES string of the molecule is CC(=O)N[C@H](Cc1ccc2ccc(CC(C)C)cc2c1)C(=O)N[C@H](Cc1ccc(Cl)cc1)C(=O)N[C@H](Cc1cccnc1)C(=O)N[C@@H](CO)C(=O)N(C)[C@@H](Cc1ccc(O)cc1)C(=O)N[C@H](CC(N)=O)C(=O)N[C@@H](CC(C)C)C(=O)N[C@@H](CCCCNC(C)C)C(=O)N1CCC[C@H]1C(=O)N[C@H](C)C(N)=O. The van der Waals surface area contributed by atoms with E-state index in [0.717, 1.165) is 33.2 Å². The molecule has 1 fully saturated rings. The van der Waals surface area contributed by atoms with Crippen LogP contribution in [0.1, 0.15) is 128 Å². The van der Waals surface area contributed by atoms with Crippen molar-refractivity contribution in [2.24, 2.45) is 23.3 Å². The minimum absolute atomic E-state index is 0.0245. The fourth-order valence-corrected chi connectivity index (χ4v) is 12.5. The van der Waals surface area contributed by atoms with E-state index in [2.05, 4.69) is 78.8 Å². The zero-order valence-corrected chi connectivity index (χ0v) is 61.9. The van der Waals surface area contributed by atoms with Crippen molar-refractivity contribution < 1.29 is 67.7 Å². The number of hydrogen-bond donors (Lipinski definition) is 13. The summed E-state index contributed by atoms with van der Waals surface area (Å²) in [5, 5.41) is 48.2. The van der Waals surface area contributed by atoms with Crippen LogP contribution >= 0.6 is 11.6 Å². The number of phenols is 1. The molecule has 15 N–H and O–H groups in total. The second-order valence-electron chi connectivity index (χ2n) is 28.1. The number of primary amides is 2. The van der Waals surface area contributed by atoms with Crippen molar-refractivity contribution in [2.75, 3.05) is 26.7 Å². The normalized spacial score (nSPS) is 15.4. The largest absolute Gasteiger partial charge is 0.508 e. The number of fused-ring (bicyclic) bond motifs is 1. The summed E-state index contributed by atoms with van der Waals surface area (Å²) in [6, 6.07) is 13.2. The van der Waals surface area contributed by atoms with Gasteiger partial charge in [0.25, 0.3) is 0 Å². The Hall–Kier alpha value is -10.1. The Kier molecular flexibility index (Phi) is 32.6. The van der Waals surface area contributed by atoms with Crippen molar-refractivity contribution in [3.63, 3.8) is 0 Å². The maximum atomic E-state index is 15.0. The molecule has 29 heteroatoms. The number of aliphatic hydroxyl groups is 1. The zero-order valence-electron chi connectivity index (χ0n) is 61.2. The lowest BCUT2D eigenvalue weighted by molar-refractivity contribution is -0.144. The molecule has 0 radical (unpaired) electrons. The number of likely N-dealkylation sites (tertiary alicyclic amines) is 1. The summed E-state index contributed by atoms with van der Waals surface area (Å²) in [4.78, 5) is 175. The van der Waals surface area contributed by atoms with Crippen LogP contribution in [0.25, 0.3) is 10.8 Å². The molecule has 0 unspecified atom stereocenters. The van der Waals surface area contributed by atoms with Crippen molar-refractivity contribution in [2.45, 2.75) is 199 Å². The maximum Gasteiger partial charge on any atom is 0.247 e. The van der Waals surface area contributed by atoms with E-state index in [-0.39, 0.29) is 69.2 Å². The smallest absolute Gasteiger partial charge is 0.247 e. The summed E-state index contributed by atoms with van der Waals surface area (Å²) in [7, 11) is 1.18. The third kappa shape index (κ3) is 26.9. The second kappa shape index (κ2) is 40.8. The lowest BCUT2D eigenvalue weighted by atomic mass is 9.96. The van der Waals surface area contributed by atoms with E-state index in [4.69, 9.17) is 23.1 Å². The third-order valence-electron chi connectivity index (χ3n) is 17.9. The highest BCUT2D eigenvalue weighted by Crippen LogP contribution is 2.24. The lowest BCUT2D eigenvalue weighted by Gasteiger charge is -2.32. The van der Waals surface area contributed by atoms with Crippen molar-refractivity contribution in [1.29, 1.82) is 0 Å². The van der Waals surface area contributed by atoms with Crippen molar-refractivity contribution in [3.8, 4) is 5.75 Å². The molecule has 568 valence electrons. The van der Waals surface area contributed by atoms with Crippen LogP contribution in [0.4, 0.5) is 0 Å². The molecule has 0 spiro atoms. The predicted octanol–water partition coefficient (Wildman–Crippen LogP) is 2.37. The van der Waals surface area contributed by atoms with Gasteiger partial charge in [-0.05, 0) is 139 Å². The number of benzene rings is 4. The Balaban J connectivity index is 1.25. The fourth-order valence-electron chi connectivity index (χ4n) is 12.4. The van der Waals surface area contributed by atoms with Gasteiger partial charge >= 0.3 is 0 Å². The van der Waals surface area contributed by atoms with Gasteiger partial charge in [0.15, 0.2) is 0 Å². The average molecular weight is 1470 g/mol. The number of phenolic OH excluding ortho intramolecular Hbond substituents is 1. The molecule has 2 heterocycles. The first kappa shape index (κ1) is 83.9. The Bertz CT molecular complexity index is 3830. The van der Waals surface area contributed by atoms with Crippen LogP contribution in [0.3, 0.4) is 0 Å². The number of nitrogens with zero attached hydrogens (tertiary/aromatic N) is 3. The highest BCUT2D eigenvalue weighted by atomic mass is 35.5. The van der Waals surface area contributed by atoms with Crippen LogP contribution < -0.4 is 59.3 Å². The van der Waals surface area contributed by atoms with Gasteiger partial charge in [0.05, 0.1) is 13.0 Å². The topological polar surface area (TPSA) is 425 Å². The molecule has 0 saturated carbocycles. The number of nitrogens with one attached hydrogen (secondary N) is 9. The molecular formula is C76H103ClN14O14. The van der Waals surface area contributed by atoms with Crippen LogP contribution in [-0.4, -0.2) is 189 Å². The zero-order chi connectivity index (χ0) is 77.2. The molecule has 0 aliphatic carbocycles. The number of nitrogens with two attached hydrogens (primary N) is 2. The average Bonchev–Trinajstić information content (AvgIpc) is 1.80. The van der Waals surface area contributed by atoms with Gasteiger partial charge in [-0.3, -0.25) is 62.5 Å². The third-order valence-corrected chi connectivity index (χ3v) is 18.1. The highest BCUT2D eigenvalue weighted by Gasteiger charge is 2.41. The Morgan fingerprint density at radius 3 is 1.67 bits per heavy atom. The standard InChI is InChI=1S/C76H103ClN14O14/c1-43(2)32-50-17-23-53-24-18-51(35-54(53)34-50)37-59(83-47(8)93)69(98)86-60(36-48-19-25-55(77)26-20-48)70(99)87-61(38-52-14-12-29-80-41-52)71(100)89-63(42-92)75(104)90(9)65(39-49-21-27-56(94)28-22-49)74(103)88-62(40-66(78)95)72(101)85-58(33-44(3)4)68(97)84-57(15-10-11-30-81-45(5)6)76(105)91-31-13-16-64(91)73(102)82-46(7)67(79)96/h12,14,17-29,34-35,41,43-46,57-65,81,92,94H,10-11,13,15-16,30-33,36-40,42H2,1-9H3,(H2,78,95)(H2,79,96)(H,82,102)(H,83,93)(H,84,97)(H,85,101)(H,86,98)(H,87,99)(H,88,103)(H,89,100)/t46-,57+,58+,59-,60-,61-,62-,63+,64+,65+/m1/s1. The number of hydrogen-bond acceptors (Lipinski definition) is 16. The summed E-state index contributed by atoms with van der Waals surface area (Å²) in [5.74, 6) is -10.2. The number of aromatic nitrogens is 1. The minimum Gasteiger partial charge on any atom is -0.508 e. The molecule has 6 rings (SSSR count). The molecule has 105 heavy (non-hydrogen) atoms. The van der Waals surface area contributed by atoms with Crippen LogP contribution in [0.15, 0.2) is 109 Å². The molecule has 28 nitrogen and oxygen atoms in total. The first-order valence-corrected chi connectivity index (χ1v) is 36.0. The fraction of sp³-hybridized carbons (Fsp3) is 0.487. The van der Waals surface area contributed by atoms with Gasteiger partial charge in [0.2, 0.25) is 70.9 Å². The van der Waals surface area contributed by atoms with E-state index in [9.17, 15) is 67.7 Å². The number of halogens is 1. The second-order valence-corrected chi connectivity index (χ2v) is 28.5. The van der Waals surface area contributed by atoms with Crippen molar-refractivity contribution in [3.05, 3.63) is 142 Å². The van der Waals surface area contributed by atoms with Gasteiger partial charge in [-0.2, -0.15) is 0 Å². The van der Waals surface area contributed by atoms with Crippen molar-refractivity contribution in [1.82, 2.24) is 62.6 Å². The van der Waals surface area contributed by atoms with Crippen LogP contribution in [0.5, 0.6) is 5.75 Å². The molecular weight excluding hydrogens is 1370 g/mol. The number of unbranched alkanes of at least 4 members (excludes halogenated alkanes) is 1. The maximum absolute atomic E-state index is 15.0. The summed E-state index contributed by atoms with van der Waals surface area (Å²) >= 11 is 6.26. The highest BCUT2D eigenvalue weighted by molar-refractivity contribution is 6.30. The molecule has 5 aromatic rings. The number of amides is 12. The lowest BCUT2D eigenvalue weighted by Crippen LogP contribution is -2.62. The Labute approximate surface area is 617 Å². The number of aliphatic hydroxyl groups excluding tert-OH is 1. The van der Waals surface area contributed by atoms with Gasteiger partial charge in [0.1, 0.15) is 66.2 Å². The van der Waals surface area contributed by atoms with E-state index < -0.39 is 144 Å². The van der Waals surface area contributed by atoms with E-state index in [1.807, 2.05) is 38.1 Å². The number of likely N-dealkylation sites (N-methyl/N-ethyl adjacent to an activating group) is 1. The number of rotatable bonds is 40. The number of carbonyl (C=O) groups is 12. The van der Waals surface area contributed by atoms with Crippen molar-refractivity contribution >= 4 is 93.3 Å². The monoisotopic (exact) mass is 1470 g/mol. The number of aromatic hydroxyl groups is 1. The van der Waals surface area contributed by atoms with E-state index in [1.165, 1.54) is 62.5 Å². The van der Waals surface area contributed by atoms with Gasteiger partial charge in [-0.15, -0.1) is 0 Å². The Morgan fingerprint density at radius 2 is 1.10 bits per heavy atom. The molecule has 10 atom stereocenters. The number of pyridine rings is 1. The first-order chi connectivity index (χ1) is 49.8. The van der Waals surface area contributed by atoms with E-state index in [1.54, 1.807) is 50.2 Å². The molecule has 1 aromatic heterocycles. The van der Waals surface area contributed by atoms with Gasteiger partial charge in [-0.1, -0.05) is 120 Å². The first-order valence-electron chi connectivity index (χ1n) is 35.6. The van der Waals surface area contributed by atoms with Crippen LogP contribution in [0, 0.1) is 11.8 Å².